The van der Waals surface area contributed by atoms with Crippen molar-refractivity contribution >= 4 is 42.3 Å². The molecule has 0 aromatic carbocycles. The molecule has 2 rings (SSSR count). The molecule has 103 valence electrons. The third kappa shape index (κ3) is 2.80. The van der Waals surface area contributed by atoms with Crippen LogP contribution >= 0.6 is 14.1 Å². The summed E-state index contributed by atoms with van der Waals surface area (Å²) in [6.45, 7) is 0. The van der Waals surface area contributed by atoms with Gasteiger partial charge in [-0.1, -0.05) is 0 Å². The van der Waals surface area contributed by atoms with Gasteiger partial charge in [0.25, 0.3) is 0 Å². The molecule has 0 unspecified atom stereocenters. The van der Waals surface area contributed by atoms with Crippen LogP contribution in [0.25, 0.3) is 5.52 Å². The minimum atomic E-state index is -4.29. The number of aromatic nitrogens is 1. The van der Waals surface area contributed by atoms with Gasteiger partial charge in [0.1, 0.15) is 0 Å². The second kappa shape index (κ2) is 5.19. The molecule has 2 aromatic heterocycles. The molecule has 0 aliphatic carbocycles. The van der Waals surface area contributed by atoms with Crippen LogP contribution in [0.2, 0.25) is 0 Å². The molecule has 2 heterocycles. The van der Waals surface area contributed by atoms with Crippen LogP contribution in [-0.2, 0) is 4.74 Å². The number of carbonyl (C=O) groups excluding carboxylic acids is 1. The van der Waals surface area contributed by atoms with Gasteiger partial charge in [0.2, 0.25) is 0 Å². The van der Waals surface area contributed by atoms with E-state index >= 15 is 0 Å². The number of pyridine rings is 1. The van der Waals surface area contributed by atoms with Crippen LogP contribution in [0.3, 0.4) is 0 Å². The van der Waals surface area contributed by atoms with Gasteiger partial charge in [-0.25, -0.2) is 0 Å². The number of hydrogen-bond donors (Lipinski definition) is 0. The van der Waals surface area contributed by atoms with Gasteiger partial charge in [-0.05, 0) is 0 Å². The topological polar surface area (TPSA) is 30.7 Å². The Morgan fingerprint density at radius 2 is 2.11 bits per heavy atom. The van der Waals surface area contributed by atoms with E-state index in [2.05, 4.69) is 18.8 Å². The van der Waals surface area contributed by atoms with E-state index in [0.29, 0.717) is 5.52 Å². The Labute approximate surface area is 117 Å². The molecular weight excluding hydrogens is 394 g/mol. The first kappa shape index (κ1) is 14.4. The SMILES string of the molecule is COC(=O)c1cc2cccc([Se](Br)C(F)(F)F)n2c1. The number of rotatable bonds is 2. The van der Waals surface area contributed by atoms with E-state index in [-0.39, 0.29) is 10.2 Å². The van der Waals surface area contributed by atoms with Gasteiger partial charge in [0.15, 0.2) is 0 Å². The van der Waals surface area contributed by atoms with Gasteiger partial charge in [-0.2, -0.15) is 0 Å². The summed E-state index contributed by atoms with van der Waals surface area (Å²) < 4.78 is 44.5. The maximum atomic E-state index is 12.8. The van der Waals surface area contributed by atoms with Crippen molar-refractivity contribution in [1.82, 2.24) is 4.40 Å². The number of methoxy groups -OCH3 is 1. The molecule has 0 fully saturated rings. The predicted molar refractivity (Wildman–Crippen MR) is 69.1 cm³/mol. The molecule has 3 nitrogen and oxygen atoms in total. The van der Waals surface area contributed by atoms with Crippen molar-refractivity contribution in [3.8, 4) is 0 Å². The Morgan fingerprint density at radius 1 is 1.42 bits per heavy atom. The second-order valence-corrected chi connectivity index (χ2v) is 9.87. The van der Waals surface area contributed by atoms with E-state index in [1.807, 2.05) is 0 Å². The molecule has 2 aromatic rings. The fraction of sp³-hybridized carbons (Fsp3) is 0.182. The summed E-state index contributed by atoms with van der Waals surface area (Å²) >= 11 is -0.399. The first-order valence-corrected chi connectivity index (χ1v) is 10.7. The molecule has 0 N–H and O–H groups in total. The summed E-state index contributed by atoms with van der Waals surface area (Å²) in [5.41, 5.74) is 0.749. The zero-order chi connectivity index (χ0) is 14.2. The Kier molecular flexibility index (Phi) is 3.94. The van der Waals surface area contributed by atoms with Crippen LogP contribution in [0.1, 0.15) is 10.4 Å². The maximum absolute atomic E-state index is 12.8. The van der Waals surface area contributed by atoms with E-state index in [9.17, 15) is 18.0 Å². The molecule has 19 heavy (non-hydrogen) atoms. The summed E-state index contributed by atoms with van der Waals surface area (Å²) in [6.07, 6.45) is 1.36. The van der Waals surface area contributed by atoms with E-state index in [1.54, 1.807) is 6.07 Å². The Hall–Kier alpha value is -0.981. The van der Waals surface area contributed by atoms with Crippen LogP contribution in [-0.4, -0.2) is 34.6 Å². The molecule has 0 saturated carbocycles. The fourth-order valence-corrected chi connectivity index (χ4v) is 4.58. The van der Waals surface area contributed by atoms with Crippen LogP contribution in [0.5, 0.6) is 0 Å². The van der Waals surface area contributed by atoms with Crippen molar-refractivity contribution in [3.63, 3.8) is 0 Å². The molecule has 0 atom stereocenters. The predicted octanol–water partition coefficient (Wildman–Crippen LogP) is 2.42. The molecule has 0 aliphatic heterocycles. The zero-order valence-electron chi connectivity index (χ0n) is 9.57. The number of alkyl halides is 3. The van der Waals surface area contributed by atoms with Crippen LogP contribution in [0, 0.1) is 0 Å². The van der Waals surface area contributed by atoms with Gasteiger partial charge < -0.3 is 0 Å². The second-order valence-electron chi connectivity index (χ2n) is 3.58. The summed E-state index contributed by atoms with van der Waals surface area (Å²) in [6, 6.07) is 6.08. The number of halogens is 4. The van der Waals surface area contributed by atoms with Crippen molar-refractivity contribution in [3.05, 3.63) is 36.0 Å². The summed E-state index contributed by atoms with van der Waals surface area (Å²) in [5.74, 6) is -0.576. The number of esters is 1. The third-order valence-corrected chi connectivity index (χ3v) is 8.35. The van der Waals surface area contributed by atoms with E-state index in [0.717, 1.165) is 0 Å². The quantitative estimate of drug-likeness (QED) is 0.571. The van der Waals surface area contributed by atoms with Crippen LogP contribution in [0.15, 0.2) is 30.5 Å². The minimum absolute atomic E-state index is 0.125. The normalized spacial score (nSPS) is 12.1. The summed E-state index contributed by atoms with van der Waals surface area (Å²) in [7, 11) is 1.22. The first-order chi connectivity index (χ1) is 8.84. The molecule has 0 amide bonds. The van der Waals surface area contributed by atoms with Crippen molar-refractivity contribution < 1.29 is 22.7 Å². The monoisotopic (exact) mass is 402 g/mol. The van der Waals surface area contributed by atoms with Gasteiger partial charge >= 0.3 is 118 Å². The van der Waals surface area contributed by atoms with E-state index in [4.69, 9.17) is 0 Å². The number of ether oxygens (including phenoxy) is 1. The van der Waals surface area contributed by atoms with E-state index < -0.39 is 23.1 Å². The molecule has 0 bridgehead atoms. The number of carbonyl (C=O) groups is 1. The van der Waals surface area contributed by atoms with Crippen molar-refractivity contribution in [1.29, 1.82) is 0 Å². The van der Waals surface area contributed by atoms with Gasteiger partial charge in [-0.15, -0.1) is 0 Å². The van der Waals surface area contributed by atoms with Crippen molar-refractivity contribution in [2.75, 3.05) is 7.11 Å². The Balaban J connectivity index is 2.57. The number of fused-ring (bicyclic) bond motifs is 1. The van der Waals surface area contributed by atoms with Crippen molar-refractivity contribution in [2.45, 2.75) is 5.07 Å². The molecular formula is C11H8BrF3NO2Se. The molecule has 1 radical (unpaired) electrons. The molecule has 8 heteroatoms. The Bertz CT molecular complexity index is 626. The fourth-order valence-electron chi connectivity index (χ4n) is 1.60. The van der Waals surface area contributed by atoms with Gasteiger partial charge in [-0.3, -0.25) is 0 Å². The average Bonchev–Trinajstić information content (AvgIpc) is 2.79. The summed E-state index contributed by atoms with van der Waals surface area (Å²) in [4.78, 5) is 11.4. The third-order valence-electron chi connectivity index (χ3n) is 2.40. The average molecular weight is 402 g/mol. The standard InChI is InChI=1S/C11H8BrF3NO2Se/c1-18-10(17)7-5-8-3-2-4-9(16(8)6-7)19(12)11(13,14)15/h2-6H,1H3. The van der Waals surface area contributed by atoms with Crippen molar-refractivity contribution in [2.24, 2.45) is 0 Å². The zero-order valence-corrected chi connectivity index (χ0v) is 12.9. The first-order valence-electron chi connectivity index (χ1n) is 5.01. The summed E-state index contributed by atoms with van der Waals surface area (Å²) in [5, 5.41) is -4.29. The number of hydrogen-bond acceptors (Lipinski definition) is 2. The number of nitrogens with zero attached hydrogens (tertiary/aromatic N) is 1. The van der Waals surface area contributed by atoms with E-state index in [1.165, 1.54) is 35.9 Å². The van der Waals surface area contributed by atoms with Crippen LogP contribution in [0.4, 0.5) is 13.2 Å². The van der Waals surface area contributed by atoms with Crippen LogP contribution < -0.4 is 4.59 Å². The molecule has 0 spiro atoms. The molecule has 0 saturated heterocycles. The molecule has 0 aliphatic rings. The van der Waals surface area contributed by atoms with Gasteiger partial charge in [0, 0.05) is 0 Å². The Morgan fingerprint density at radius 3 is 2.68 bits per heavy atom. The van der Waals surface area contributed by atoms with Gasteiger partial charge in [0.05, 0.1) is 0 Å².